The predicted octanol–water partition coefficient (Wildman–Crippen LogP) is 3.49. The molecule has 0 heterocycles. The largest absolute Gasteiger partial charge is 0.497 e. The summed E-state index contributed by atoms with van der Waals surface area (Å²) in [6, 6.07) is 13.1. The van der Waals surface area contributed by atoms with Gasteiger partial charge in [-0.1, -0.05) is 6.07 Å². The summed E-state index contributed by atoms with van der Waals surface area (Å²) in [5, 5.41) is 2.88. The SMILES string of the molecule is COc1ccc(OC)c(CC(=O)Nc2cccc(I)c2)c1. The molecule has 4 nitrogen and oxygen atoms in total. The van der Waals surface area contributed by atoms with Crippen molar-refractivity contribution >= 4 is 34.2 Å². The molecule has 0 aromatic heterocycles. The van der Waals surface area contributed by atoms with Crippen LogP contribution in [0.3, 0.4) is 0 Å². The number of carbonyl (C=O) groups excluding carboxylic acids is 1. The fraction of sp³-hybridized carbons (Fsp3) is 0.188. The van der Waals surface area contributed by atoms with Crippen molar-refractivity contribution in [2.24, 2.45) is 0 Å². The van der Waals surface area contributed by atoms with Crippen LogP contribution < -0.4 is 14.8 Å². The second kappa shape index (κ2) is 7.31. The van der Waals surface area contributed by atoms with Crippen LogP contribution in [0.5, 0.6) is 11.5 Å². The molecule has 0 fully saturated rings. The number of benzene rings is 2. The lowest BCUT2D eigenvalue weighted by Gasteiger charge is -2.11. The van der Waals surface area contributed by atoms with Gasteiger partial charge in [0.2, 0.25) is 5.91 Å². The number of ether oxygens (including phenoxy) is 2. The van der Waals surface area contributed by atoms with Crippen molar-refractivity contribution in [3.8, 4) is 11.5 Å². The van der Waals surface area contributed by atoms with Gasteiger partial charge in [-0.3, -0.25) is 4.79 Å². The molecule has 0 saturated carbocycles. The fourth-order valence-electron chi connectivity index (χ4n) is 1.96. The maximum atomic E-state index is 12.2. The average Bonchev–Trinajstić information content (AvgIpc) is 2.47. The summed E-state index contributed by atoms with van der Waals surface area (Å²) in [5.74, 6) is 1.28. The van der Waals surface area contributed by atoms with Gasteiger partial charge in [-0.15, -0.1) is 0 Å². The fourth-order valence-corrected chi connectivity index (χ4v) is 2.51. The van der Waals surface area contributed by atoms with Gasteiger partial charge in [-0.25, -0.2) is 0 Å². The Morgan fingerprint density at radius 2 is 1.95 bits per heavy atom. The average molecular weight is 397 g/mol. The number of anilines is 1. The molecule has 1 N–H and O–H groups in total. The van der Waals surface area contributed by atoms with E-state index in [2.05, 4.69) is 27.9 Å². The van der Waals surface area contributed by atoms with Crippen molar-refractivity contribution in [2.45, 2.75) is 6.42 Å². The first-order valence-electron chi connectivity index (χ1n) is 6.38. The van der Waals surface area contributed by atoms with Gasteiger partial charge >= 0.3 is 0 Å². The number of halogens is 1. The molecule has 0 radical (unpaired) electrons. The number of amides is 1. The van der Waals surface area contributed by atoms with Gasteiger partial charge in [-0.2, -0.15) is 0 Å². The number of nitrogens with one attached hydrogen (secondary N) is 1. The molecule has 2 aromatic rings. The minimum atomic E-state index is -0.0939. The summed E-state index contributed by atoms with van der Waals surface area (Å²) in [4.78, 5) is 12.2. The van der Waals surface area contributed by atoms with Crippen LogP contribution >= 0.6 is 22.6 Å². The molecular formula is C16H16INO3. The Kier molecular flexibility index (Phi) is 5.44. The van der Waals surface area contributed by atoms with E-state index in [-0.39, 0.29) is 12.3 Å². The third kappa shape index (κ3) is 4.35. The van der Waals surface area contributed by atoms with Gasteiger partial charge in [0, 0.05) is 14.8 Å². The highest BCUT2D eigenvalue weighted by Gasteiger charge is 2.10. The molecule has 1 amide bonds. The monoisotopic (exact) mass is 397 g/mol. The van der Waals surface area contributed by atoms with Gasteiger partial charge in [0.15, 0.2) is 0 Å². The molecule has 2 rings (SSSR count). The summed E-state index contributed by atoms with van der Waals surface area (Å²) in [7, 11) is 3.18. The topological polar surface area (TPSA) is 47.6 Å². The molecule has 0 aliphatic carbocycles. The minimum absolute atomic E-state index is 0.0939. The van der Waals surface area contributed by atoms with E-state index in [0.29, 0.717) is 11.5 Å². The van der Waals surface area contributed by atoms with Crippen molar-refractivity contribution in [1.82, 2.24) is 0 Å². The normalized spacial score (nSPS) is 10.0. The van der Waals surface area contributed by atoms with Crippen LogP contribution in [0.15, 0.2) is 42.5 Å². The lowest BCUT2D eigenvalue weighted by molar-refractivity contribution is -0.115. The Hall–Kier alpha value is -1.76. The highest BCUT2D eigenvalue weighted by Crippen LogP contribution is 2.24. The van der Waals surface area contributed by atoms with Gasteiger partial charge in [0.1, 0.15) is 11.5 Å². The Morgan fingerprint density at radius 3 is 2.62 bits per heavy atom. The van der Waals surface area contributed by atoms with Crippen LogP contribution in [0.2, 0.25) is 0 Å². The molecule has 0 aliphatic rings. The predicted molar refractivity (Wildman–Crippen MR) is 91.0 cm³/mol. The zero-order valence-corrected chi connectivity index (χ0v) is 14.0. The lowest BCUT2D eigenvalue weighted by atomic mass is 10.1. The quantitative estimate of drug-likeness (QED) is 0.786. The highest BCUT2D eigenvalue weighted by atomic mass is 127. The van der Waals surface area contributed by atoms with E-state index in [0.717, 1.165) is 14.8 Å². The van der Waals surface area contributed by atoms with Gasteiger partial charge < -0.3 is 14.8 Å². The first-order valence-corrected chi connectivity index (χ1v) is 7.46. The van der Waals surface area contributed by atoms with Crippen LogP contribution in [-0.2, 0) is 11.2 Å². The van der Waals surface area contributed by atoms with E-state index in [4.69, 9.17) is 9.47 Å². The first kappa shape index (κ1) is 15.6. The number of hydrogen-bond acceptors (Lipinski definition) is 3. The first-order chi connectivity index (χ1) is 10.1. The molecule has 21 heavy (non-hydrogen) atoms. The molecule has 0 atom stereocenters. The standard InChI is InChI=1S/C16H16INO3/c1-20-14-6-7-15(21-2)11(8-14)9-16(19)18-13-5-3-4-12(17)10-13/h3-8,10H,9H2,1-2H3,(H,18,19). The molecule has 110 valence electrons. The highest BCUT2D eigenvalue weighted by molar-refractivity contribution is 14.1. The van der Waals surface area contributed by atoms with E-state index >= 15 is 0 Å². The molecule has 0 saturated heterocycles. The van der Waals surface area contributed by atoms with Crippen molar-refractivity contribution in [2.75, 3.05) is 19.5 Å². The van der Waals surface area contributed by atoms with Crippen molar-refractivity contribution in [3.05, 3.63) is 51.6 Å². The van der Waals surface area contributed by atoms with Crippen molar-refractivity contribution in [1.29, 1.82) is 0 Å². The van der Waals surface area contributed by atoms with E-state index in [1.165, 1.54) is 0 Å². The Labute approximate surface area is 137 Å². The summed E-state index contributed by atoms with van der Waals surface area (Å²) in [5.41, 5.74) is 1.58. The summed E-state index contributed by atoms with van der Waals surface area (Å²) >= 11 is 2.21. The molecular weight excluding hydrogens is 381 g/mol. The van der Waals surface area contributed by atoms with Crippen molar-refractivity contribution < 1.29 is 14.3 Å². The van der Waals surface area contributed by atoms with Crippen molar-refractivity contribution in [3.63, 3.8) is 0 Å². The molecule has 2 aromatic carbocycles. The molecule has 0 bridgehead atoms. The number of carbonyl (C=O) groups is 1. The second-order valence-electron chi connectivity index (χ2n) is 4.41. The lowest BCUT2D eigenvalue weighted by Crippen LogP contribution is -2.15. The van der Waals surface area contributed by atoms with E-state index < -0.39 is 0 Å². The van der Waals surface area contributed by atoms with E-state index in [9.17, 15) is 4.79 Å². The summed E-state index contributed by atoms with van der Waals surface area (Å²) in [6.45, 7) is 0. The third-order valence-corrected chi connectivity index (χ3v) is 3.62. The Morgan fingerprint density at radius 1 is 1.14 bits per heavy atom. The zero-order chi connectivity index (χ0) is 15.2. The minimum Gasteiger partial charge on any atom is -0.497 e. The second-order valence-corrected chi connectivity index (χ2v) is 5.66. The Bertz CT molecular complexity index is 643. The Balaban J connectivity index is 2.12. The van der Waals surface area contributed by atoms with Crippen LogP contribution in [0, 0.1) is 3.57 Å². The number of methoxy groups -OCH3 is 2. The summed E-state index contributed by atoms with van der Waals surface area (Å²) < 4.78 is 11.5. The van der Waals surface area contributed by atoms with Gasteiger partial charge in [0.25, 0.3) is 0 Å². The maximum absolute atomic E-state index is 12.2. The number of rotatable bonds is 5. The van der Waals surface area contributed by atoms with Crippen LogP contribution in [0.1, 0.15) is 5.56 Å². The molecule has 0 spiro atoms. The smallest absolute Gasteiger partial charge is 0.228 e. The maximum Gasteiger partial charge on any atom is 0.228 e. The van der Waals surface area contributed by atoms with Gasteiger partial charge in [-0.05, 0) is 59.0 Å². The zero-order valence-electron chi connectivity index (χ0n) is 11.9. The molecule has 0 aliphatic heterocycles. The molecule has 0 unspecified atom stereocenters. The number of hydrogen-bond donors (Lipinski definition) is 1. The molecule has 5 heteroatoms. The van der Waals surface area contributed by atoms with Crippen LogP contribution in [0.25, 0.3) is 0 Å². The van der Waals surface area contributed by atoms with E-state index in [1.54, 1.807) is 26.4 Å². The summed E-state index contributed by atoms with van der Waals surface area (Å²) in [6.07, 6.45) is 0.228. The van der Waals surface area contributed by atoms with Crippen LogP contribution in [0.4, 0.5) is 5.69 Å². The van der Waals surface area contributed by atoms with E-state index in [1.807, 2.05) is 30.3 Å². The van der Waals surface area contributed by atoms with Crippen LogP contribution in [-0.4, -0.2) is 20.1 Å². The third-order valence-electron chi connectivity index (χ3n) is 2.95. The van der Waals surface area contributed by atoms with Gasteiger partial charge in [0.05, 0.1) is 20.6 Å².